The van der Waals surface area contributed by atoms with E-state index < -0.39 is 69.1 Å². The first-order valence-corrected chi connectivity index (χ1v) is 20.2. The summed E-state index contributed by atoms with van der Waals surface area (Å²) in [5.74, 6) is 1.33. The molecule has 0 amide bonds. The number of fused-ring (bicyclic) bond motifs is 5. The SMILES string of the molecule is CC(C)[C@@H](O)CC[C@@H](C)[C@H]1CC[C@H]2[C@@H]3C[C@H](O[C@@H]4O[C@H](C)[C@@H](OS(=O)(=O)O)[C@H](O)[C@H]4O)[C@H]4C[C@@H](OS(=O)(=O)O)CC[C@]4(C)C3=CC[C@]12C. The molecule has 3 saturated carbocycles. The van der Waals surface area contributed by atoms with Crippen LogP contribution in [-0.4, -0.2) is 90.3 Å². The highest BCUT2D eigenvalue weighted by molar-refractivity contribution is 7.81. The second-order valence-corrected chi connectivity index (χ2v) is 18.3. The molecule has 0 aromatic rings. The van der Waals surface area contributed by atoms with Crippen molar-refractivity contribution in [2.45, 2.75) is 148 Å². The first kappa shape index (κ1) is 38.5. The molecule has 48 heavy (non-hydrogen) atoms. The summed E-state index contributed by atoms with van der Waals surface area (Å²) in [6.45, 7) is 12.4. The van der Waals surface area contributed by atoms with Crippen molar-refractivity contribution in [3.8, 4) is 0 Å². The minimum Gasteiger partial charge on any atom is -0.393 e. The van der Waals surface area contributed by atoms with Gasteiger partial charge in [0.25, 0.3) is 0 Å². The summed E-state index contributed by atoms with van der Waals surface area (Å²) >= 11 is 0. The maximum atomic E-state index is 11.7. The van der Waals surface area contributed by atoms with Gasteiger partial charge in [0.2, 0.25) is 0 Å². The summed E-state index contributed by atoms with van der Waals surface area (Å²) in [6, 6.07) is 0. The van der Waals surface area contributed by atoms with E-state index in [2.05, 4.69) is 31.0 Å². The van der Waals surface area contributed by atoms with Crippen LogP contribution in [0.4, 0.5) is 0 Å². The summed E-state index contributed by atoms with van der Waals surface area (Å²) in [7, 11) is -9.64. The molecule has 13 nitrogen and oxygen atoms in total. The third kappa shape index (κ3) is 7.71. The predicted octanol–water partition coefficient (Wildman–Crippen LogP) is 3.84. The highest BCUT2D eigenvalue weighted by Crippen LogP contribution is 2.67. The summed E-state index contributed by atoms with van der Waals surface area (Å²) in [4.78, 5) is 0. The lowest BCUT2D eigenvalue weighted by Crippen LogP contribution is -2.61. The van der Waals surface area contributed by atoms with Crippen LogP contribution in [0, 0.1) is 46.3 Å². The topological polar surface area (TPSA) is 206 Å². The van der Waals surface area contributed by atoms with Gasteiger partial charge in [-0.1, -0.05) is 46.3 Å². The predicted molar refractivity (Wildman–Crippen MR) is 174 cm³/mol. The molecule has 0 aromatic heterocycles. The first-order valence-electron chi connectivity index (χ1n) is 17.5. The average molecular weight is 725 g/mol. The van der Waals surface area contributed by atoms with E-state index in [1.807, 2.05) is 13.8 Å². The van der Waals surface area contributed by atoms with Gasteiger partial charge in [0.15, 0.2) is 6.29 Å². The molecule has 5 aliphatic rings. The molecule has 1 saturated heterocycles. The Balaban J connectivity index is 1.42. The van der Waals surface area contributed by atoms with Crippen molar-refractivity contribution >= 4 is 20.8 Å². The van der Waals surface area contributed by atoms with E-state index in [0.29, 0.717) is 37.0 Å². The smallest absolute Gasteiger partial charge is 0.393 e. The zero-order valence-corrected chi connectivity index (χ0v) is 30.5. The van der Waals surface area contributed by atoms with Crippen LogP contribution in [0.3, 0.4) is 0 Å². The Morgan fingerprint density at radius 2 is 1.60 bits per heavy atom. The van der Waals surface area contributed by atoms with E-state index in [1.54, 1.807) is 0 Å². The molecular formula is C33H56O13S2. The second-order valence-electron chi connectivity index (χ2n) is 16.2. The highest BCUT2D eigenvalue weighted by Gasteiger charge is 2.61. The van der Waals surface area contributed by atoms with Crippen LogP contribution in [0.2, 0.25) is 0 Å². The summed E-state index contributed by atoms with van der Waals surface area (Å²) in [5.41, 5.74) is 0.963. The number of hydrogen-bond acceptors (Lipinski definition) is 11. The Labute approximate surface area is 285 Å². The molecule has 4 fully saturated rings. The Morgan fingerprint density at radius 1 is 0.938 bits per heavy atom. The lowest BCUT2D eigenvalue weighted by atomic mass is 9.47. The summed E-state index contributed by atoms with van der Waals surface area (Å²) in [6.07, 6.45) is -0.146. The number of aliphatic hydroxyl groups excluding tert-OH is 3. The number of rotatable bonds is 11. The van der Waals surface area contributed by atoms with Gasteiger partial charge < -0.3 is 24.8 Å². The monoisotopic (exact) mass is 724 g/mol. The van der Waals surface area contributed by atoms with E-state index in [4.69, 9.17) is 13.7 Å². The quantitative estimate of drug-likeness (QED) is 0.152. The van der Waals surface area contributed by atoms with Crippen molar-refractivity contribution in [1.82, 2.24) is 0 Å². The van der Waals surface area contributed by atoms with Gasteiger partial charge in [-0.15, -0.1) is 0 Å². The number of ether oxygens (including phenoxy) is 2. The van der Waals surface area contributed by atoms with E-state index in [1.165, 1.54) is 12.5 Å². The highest BCUT2D eigenvalue weighted by atomic mass is 32.3. The Bertz CT molecular complexity index is 1400. The molecule has 0 spiro atoms. The molecule has 5 N–H and O–H groups in total. The fourth-order valence-corrected chi connectivity index (χ4v) is 11.5. The summed E-state index contributed by atoms with van der Waals surface area (Å²) in [5, 5.41) is 32.3. The standard InChI is InChI=1S/C33H56O13S2/c1-17(2)26(34)10-7-18(3)22-8-9-23-21-16-27(44-31-29(36)28(35)30(19(4)43-31)46-48(40,41)42)25-15-20(45-47(37,38)39)11-13-33(25,6)24(21)12-14-32(22,23)5/h12,17-23,25-31,34-36H,7-11,13-16H2,1-6H3,(H,37,38,39)(H,40,41,42)/t18-,19-,20+,21+,22-,23+,25-,26+,27+,28-,29-,30-,31+,32-,33-/m1/s1. The van der Waals surface area contributed by atoms with Crippen LogP contribution in [0.15, 0.2) is 11.6 Å². The Hall–Kier alpha value is -0.720. The van der Waals surface area contributed by atoms with E-state index >= 15 is 0 Å². The molecule has 0 radical (unpaired) electrons. The van der Waals surface area contributed by atoms with Crippen molar-refractivity contribution in [1.29, 1.82) is 0 Å². The van der Waals surface area contributed by atoms with Gasteiger partial charge >= 0.3 is 20.8 Å². The molecule has 15 heteroatoms. The fourth-order valence-electron chi connectivity index (χ4n) is 10.4. The molecule has 1 aliphatic heterocycles. The maximum Gasteiger partial charge on any atom is 0.397 e. The largest absolute Gasteiger partial charge is 0.397 e. The van der Waals surface area contributed by atoms with Crippen molar-refractivity contribution < 1.29 is 59.1 Å². The van der Waals surface area contributed by atoms with Crippen molar-refractivity contribution in [2.75, 3.05) is 0 Å². The molecule has 1 heterocycles. The van der Waals surface area contributed by atoms with Gasteiger partial charge in [-0.05, 0) is 111 Å². The van der Waals surface area contributed by atoms with E-state index in [9.17, 15) is 41.3 Å². The molecule has 15 atom stereocenters. The second kappa shape index (κ2) is 14.0. The van der Waals surface area contributed by atoms with Gasteiger partial charge in [-0.3, -0.25) is 9.11 Å². The maximum absolute atomic E-state index is 11.7. The Morgan fingerprint density at radius 3 is 2.23 bits per heavy atom. The van der Waals surface area contributed by atoms with Crippen LogP contribution in [0.25, 0.3) is 0 Å². The van der Waals surface area contributed by atoms with Crippen LogP contribution >= 0.6 is 0 Å². The minimum atomic E-state index is -4.95. The van der Waals surface area contributed by atoms with E-state index in [0.717, 1.165) is 32.1 Å². The third-order valence-corrected chi connectivity index (χ3v) is 14.0. The van der Waals surface area contributed by atoms with Gasteiger partial charge in [0.1, 0.15) is 18.3 Å². The molecule has 278 valence electrons. The molecular weight excluding hydrogens is 668 g/mol. The number of allylic oxidation sites excluding steroid dienone is 2. The number of hydrogen-bond donors (Lipinski definition) is 5. The summed E-state index contributed by atoms with van der Waals surface area (Å²) < 4.78 is 86.9. The minimum absolute atomic E-state index is 0.0291. The average Bonchev–Trinajstić information content (AvgIpc) is 3.33. The van der Waals surface area contributed by atoms with Gasteiger partial charge in [-0.25, -0.2) is 8.37 Å². The molecule has 0 unspecified atom stereocenters. The molecule has 0 bridgehead atoms. The van der Waals surface area contributed by atoms with Crippen molar-refractivity contribution in [3.05, 3.63) is 11.6 Å². The fraction of sp³-hybridized carbons (Fsp3) is 0.939. The van der Waals surface area contributed by atoms with Crippen LogP contribution in [0.1, 0.15) is 99.3 Å². The van der Waals surface area contributed by atoms with Crippen LogP contribution in [-0.2, 0) is 38.6 Å². The van der Waals surface area contributed by atoms with E-state index in [-0.39, 0.29) is 35.7 Å². The van der Waals surface area contributed by atoms with Crippen molar-refractivity contribution in [3.63, 3.8) is 0 Å². The normalized spacial score (nSPS) is 44.8. The molecule has 4 aliphatic carbocycles. The third-order valence-electron chi connectivity index (χ3n) is 13.0. The molecule has 0 aromatic carbocycles. The lowest BCUT2D eigenvalue weighted by Gasteiger charge is -2.59. The number of aliphatic hydroxyl groups is 3. The van der Waals surface area contributed by atoms with Gasteiger partial charge in [-0.2, -0.15) is 16.8 Å². The van der Waals surface area contributed by atoms with Crippen LogP contribution < -0.4 is 0 Å². The Kier molecular flexibility index (Phi) is 11.2. The van der Waals surface area contributed by atoms with Gasteiger partial charge in [0, 0.05) is 0 Å². The van der Waals surface area contributed by atoms with Crippen LogP contribution in [0.5, 0.6) is 0 Å². The molecule has 5 rings (SSSR count). The zero-order valence-electron chi connectivity index (χ0n) is 28.8. The van der Waals surface area contributed by atoms with Gasteiger partial charge in [0.05, 0.1) is 24.4 Å². The first-order chi connectivity index (χ1) is 22.1. The van der Waals surface area contributed by atoms with Crippen molar-refractivity contribution in [2.24, 2.45) is 46.3 Å². The lowest BCUT2D eigenvalue weighted by molar-refractivity contribution is -0.312. The zero-order chi connectivity index (χ0) is 35.6.